The van der Waals surface area contributed by atoms with Crippen molar-refractivity contribution in [2.24, 2.45) is 17.6 Å². The number of benzene rings is 1. The highest BCUT2D eigenvalue weighted by Crippen LogP contribution is 2.37. The van der Waals surface area contributed by atoms with Crippen LogP contribution in [0.3, 0.4) is 0 Å². The number of esters is 1. The van der Waals surface area contributed by atoms with Gasteiger partial charge < -0.3 is 19.8 Å². The summed E-state index contributed by atoms with van der Waals surface area (Å²) in [6.07, 6.45) is 0.633. The highest BCUT2D eigenvalue weighted by Gasteiger charge is 2.51. The zero-order chi connectivity index (χ0) is 20.9. The zero-order valence-electron chi connectivity index (χ0n) is 18.2. The van der Waals surface area contributed by atoms with Gasteiger partial charge in [0.25, 0.3) is 0 Å². The monoisotopic (exact) mass is 387 g/mol. The van der Waals surface area contributed by atoms with Crippen molar-refractivity contribution in [2.75, 3.05) is 0 Å². The first-order valence-electron chi connectivity index (χ1n) is 10.3. The summed E-state index contributed by atoms with van der Waals surface area (Å²) in [5.74, 6) is 0.0288. The second kappa shape index (κ2) is 7.47. The van der Waals surface area contributed by atoms with Crippen LogP contribution in [0.25, 0.3) is 0 Å². The first-order valence-corrected chi connectivity index (χ1v) is 10.3. The summed E-state index contributed by atoms with van der Waals surface area (Å²) in [4.78, 5) is 12.9. The van der Waals surface area contributed by atoms with Crippen LogP contribution in [0, 0.1) is 11.8 Å². The number of ether oxygens (including phenoxy) is 1. The van der Waals surface area contributed by atoms with E-state index in [0.29, 0.717) is 5.92 Å². The highest BCUT2D eigenvalue weighted by molar-refractivity contribution is 6.62. The second-order valence-corrected chi connectivity index (χ2v) is 9.71. The van der Waals surface area contributed by atoms with Gasteiger partial charge >= 0.3 is 13.1 Å². The summed E-state index contributed by atoms with van der Waals surface area (Å²) in [6, 6.07) is 7.97. The third-order valence-corrected chi connectivity index (χ3v) is 6.70. The molecule has 0 aromatic heterocycles. The minimum atomic E-state index is -0.406. The average molecular weight is 387 g/mol. The summed E-state index contributed by atoms with van der Waals surface area (Å²) >= 11 is 0. The van der Waals surface area contributed by atoms with Crippen molar-refractivity contribution in [3.8, 4) is 0 Å². The number of hydrogen-bond donors (Lipinski definition) is 1. The van der Waals surface area contributed by atoms with Gasteiger partial charge in [-0.3, -0.25) is 4.79 Å². The molecule has 3 unspecified atom stereocenters. The lowest BCUT2D eigenvalue weighted by molar-refractivity contribution is -0.148. The van der Waals surface area contributed by atoms with E-state index in [-0.39, 0.29) is 41.2 Å². The topological polar surface area (TPSA) is 70.8 Å². The predicted molar refractivity (Wildman–Crippen MR) is 111 cm³/mol. The molecule has 2 aliphatic rings. The van der Waals surface area contributed by atoms with E-state index in [2.05, 4.69) is 20.8 Å². The molecular formula is C22H34BNO4. The molecule has 0 spiro atoms. The second-order valence-electron chi connectivity index (χ2n) is 9.71. The standard InChI is InChI=1S/C22H34BNO4/c1-13(2)14(3)19(20(25)26-18-12-17(18)24)15-8-10-16(11-9-15)23-27-21(4,5)22(6,7)28-23/h8-11,13-14,17-19H,12,24H2,1-7H3/t14?,17-,18?,19?/m1/s1. The molecule has 1 saturated heterocycles. The van der Waals surface area contributed by atoms with Gasteiger partial charge in [-0.1, -0.05) is 45.0 Å². The van der Waals surface area contributed by atoms with Crippen LogP contribution >= 0.6 is 0 Å². The highest BCUT2D eigenvalue weighted by atomic mass is 16.7. The van der Waals surface area contributed by atoms with Gasteiger partial charge in [0.05, 0.1) is 17.1 Å². The van der Waals surface area contributed by atoms with Crippen molar-refractivity contribution < 1.29 is 18.8 Å². The minimum absolute atomic E-state index is 0.00953. The molecule has 5 nitrogen and oxygen atoms in total. The molecule has 1 aromatic carbocycles. The fourth-order valence-corrected chi connectivity index (χ4v) is 3.43. The fourth-order valence-electron chi connectivity index (χ4n) is 3.43. The van der Waals surface area contributed by atoms with Gasteiger partial charge in [0.15, 0.2) is 0 Å². The van der Waals surface area contributed by atoms with E-state index in [4.69, 9.17) is 19.8 Å². The van der Waals surface area contributed by atoms with Gasteiger partial charge in [-0.2, -0.15) is 0 Å². The molecule has 4 atom stereocenters. The summed E-state index contributed by atoms with van der Waals surface area (Å²) in [6.45, 7) is 14.5. The lowest BCUT2D eigenvalue weighted by atomic mass is 9.76. The van der Waals surface area contributed by atoms with Crippen LogP contribution in [0.2, 0.25) is 0 Å². The van der Waals surface area contributed by atoms with Gasteiger partial charge in [0.1, 0.15) is 6.10 Å². The molecule has 28 heavy (non-hydrogen) atoms. The molecule has 2 fully saturated rings. The third kappa shape index (κ3) is 4.14. The summed E-state index contributed by atoms with van der Waals surface area (Å²) in [5.41, 5.74) is 6.98. The first-order chi connectivity index (χ1) is 12.9. The maximum Gasteiger partial charge on any atom is 0.494 e. The van der Waals surface area contributed by atoms with Gasteiger partial charge in [-0.05, 0) is 50.6 Å². The number of hydrogen-bond acceptors (Lipinski definition) is 5. The van der Waals surface area contributed by atoms with Crippen LogP contribution < -0.4 is 11.2 Å². The molecule has 0 radical (unpaired) electrons. The SMILES string of the molecule is CC(C)C(C)C(C(=O)OC1C[C@H]1N)c1ccc(B2OC(C)(C)C(C)(C)O2)cc1. The normalized spacial score (nSPS) is 27.5. The van der Waals surface area contributed by atoms with E-state index in [1.165, 1.54) is 0 Å². The Labute approximate surface area is 169 Å². The van der Waals surface area contributed by atoms with Gasteiger partial charge in [0.2, 0.25) is 0 Å². The molecule has 6 heteroatoms. The maximum absolute atomic E-state index is 12.9. The van der Waals surface area contributed by atoms with E-state index >= 15 is 0 Å². The smallest absolute Gasteiger partial charge is 0.460 e. The number of carbonyl (C=O) groups is 1. The Morgan fingerprint density at radius 3 is 2.04 bits per heavy atom. The predicted octanol–water partition coefficient (Wildman–Crippen LogP) is 3.00. The van der Waals surface area contributed by atoms with Crippen molar-refractivity contribution in [2.45, 2.75) is 84.2 Å². The van der Waals surface area contributed by atoms with Crippen molar-refractivity contribution in [3.63, 3.8) is 0 Å². The molecule has 154 valence electrons. The van der Waals surface area contributed by atoms with E-state index in [1.807, 2.05) is 52.0 Å². The van der Waals surface area contributed by atoms with E-state index in [9.17, 15) is 4.79 Å². The molecule has 3 rings (SSSR count). The summed E-state index contributed by atoms with van der Waals surface area (Å²) < 4.78 is 17.9. The molecule has 0 amide bonds. The van der Waals surface area contributed by atoms with Crippen LogP contribution in [0.15, 0.2) is 24.3 Å². The molecule has 1 aliphatic heterocycles. The Kier molecular flexibility index (Phi) is 5.70. The van der Waals surface area contributed by atoms with Crippen LogP contribution in [0.4, 0.5) is 0 Å². The molecule has 2 N–H and O–H groups in total. The molecule has 1 heterocycles. The molecular weight excluding hydrogens is 353 g/mol. The van der Waals surface area contributed by atoms with Gasteiger partial charge in [-0.25, -0.2) is 0 Å². The van der Waals surface area contributed by atoms with E-state index in [0.717, 1.165) is 17.4 Å². The van der Waals surface area contributed by atoms with Gasteiger partial charge in [-0.15, -0.1) is 0 Å². The Balaban J connectivity index is 1.79. The average Bonchev–Trinajstić information content (AvgIpc) is 3.22. The third-order valence-electron chi connectivity index (χ3n) is 6.70. The molecule has 1 aromatic rings. The summed E-state index contributed by atoms with van der Waals surface area (Å²) in [5, 5.41) is 0. The number of carbonyl (C=O) groups excluding carboxylic acids is 1. The van der Waals surface area contributed by atoms with Crippen molar-refractivity contribution in [1.29, 1.82) is 0 Å². The van der Waals surface area contributed by atoms with Crippen molar-refractivity contribution in [1.82, 2.24) is 0 Å². The Morgan fingerprint density at radius 1 is 1.11 bits per heavy atom. The lowest BCUT2D eigenvalue weighted by Gasteiger charge is -2.32. The molecule has 1 aliphatic carbocycles. The van der Waals surface area contributed by atoms with Gasteiger partial charge in [0, 0.05) is 12.5 Å². The largest absolute Gasteiger partial charge is 0.494 e. The number of rotatable bonds is 6. The Morgan fingerprint density at radius 2 is 1.61 bits per heavy atom. The molecule has 1 saturated carbocycles. The number of nitrogens with two attached hydrogens (primary N) is 1. The summed E-state index contributed by atoms with van der Waals surface area (Å²) in [7, 11) is -0.406. The maximum atomic E-state index is 12.9. The fraction of sp³-hybridized carbons (Fsp3) is 0.682. The van der Waals surface area contributed by atoms with Crippen LogP contribution in [0.5, 0.6) is 0 Å². The van der Waals surface area contributed by atoms with Crippen LogP contribution in [-0.2, 0) is 18.8 Å². The van der Waals surface area contributed by atoms with Crippen molar-refractivity contribution >= 4 is 18.6 Å². The lowest BCUT2D eigenvalue weighted by Crippen LogP contribution is -2.41. The quantitative estimate of drug-likeness (QED) is 0.600. The Bertz CT molecular complexity index is 700. The first kappa shape index (κ1) is 21.3. The van der Waals surface area contributed by atoms with Crippen molar-refractivity contribution in [3.05, 3.63) is 29.8 Å². The van der Waals surface area contributed by atoms with E-state index in [1.54, 1.807) is 0 Å². The van der Waals surface area contributed by atoms with Crippen LogP contribution in [-0.4, -0.2) is 36.4 Å². The van der Waals surface area contributed by atoms with E-state index < -0.39 is 7.12 Å². The van der Waals surface area contributed by atoms with Crippen LogP contribution in [0.1, 0.15) is 66.4 Å². The zero-order valence-corrected chi connectivity index (χ0v) is 18.2. The molecule has 0 bridgehead atoms. The Hall–Kier alpha value is -1.37. The minimum Gasteiger partial charge on any atom is -0.460 e.